The Labute approximate surface area is 170 Å². The molecule has 1 aliphatic heterocycles. The van der Waals surface area contributed by atoms with E-state index >= 15 is 0 Å². The predicted molar refractivity (Wildman–Crippen MR) is 114 cm³/mol. The molecule has 2 nitrogen and oxygen atoms in total. The topological polar surface area (TPSA) is 29.1 Å². The number of allylic oxidation sites excluding steroid dienone is 5. The Morgan fingerprint density at radius 2 is 1.79 bits per heavy atom. The second kappa shape index (κ2) is 6.34. The van der Waals surface area contributed by atoms with Crippen molar-refractivity contribution in [2.45, 2.75) is 78.6 Å². The minimum atomic E-state index is -0.368. The van der Waals surface area contributed by atoms with Gasteiger partial charge in [-0.3, -0.25) is 4.79 Å². The van der Waals surface area contributed by atoms with E-state index in [1.807, 2.05) is 12.3 Å². The third-order valence-electron chi connectivity index (χ3n) is 10.2. The Morgan fingerprint density at radius 1 is 0.929 bits per heavy atom. The molecule has 4 aliphatic carbocycles. The lowest BCUT2D eigenvalue weighted by molar-refractivity contribution is -0.160. The third kappa shape index (κ3) is 2.42. The van der Waals surface area contributed by atoms with Crippen molar-refractivity contribution in [3.05, 3.63) is 36.2 Å². The number of fused-ring (bicyclic) bond motifs is 5. The monoisotopic (exact) mass is 379 g/mol. The Kier molecular flexibility index (Phi) is 4.24. The number of hydrogen-bond donors (Lipinski definition) is 1. The molecule has 2 heteroatoms. The first-order chi connectivity index (χ1) is 13.4. The summed E-state index contributed by atoms with van der Waals surface area (Å²) in [6, 6.07) is 0. The molecule has 0 spiro atoms. The van der Waals surface area contributed by atoms with Crippen LogP contribution in [-0.2, 0) is 4.79 Å². The van der Waals surface area contributed by atoms with E-state index in [-0.39, 0.29) is 5.41 Å². The lowest BCUT2D eigenvalue weighted by Crippen LogP contribution is -2.59. The van der Waals surface area contributed by atoms with Crippen LogP contribution in [0.5, 0.6) is 0 Å². The first kappa shape index (κ1) is 18.7. The highest BCUT2D eigenvalue weighted by molar-refractivity contribution is 5.89. The molecule has 0 amide bonds. The standard InChI is InChI=1S/C26H37NO/c1-24-14-7-8-19(24)18-10-11-21-25(2,20(18)12-15-24)16-13-23(28)26(21,3)22-9-5-4-6-17-27-22/h4-6,9,17-21,27H,7-8,10-16H2,1-3H3/t18-,19-,20-,21+,24-,25+,26?/m0/s1. The number of carbonyl (C=O) groups is 1. The van der Waals surface area contributed by atoms with E-state index in [4.69, 9.17) is 0 Å². The van der Waals surface area contributed by atoms with Crippen LogP contribution < -0.4 is 5.32 Å². The average Bonchev–Trinajstić information content (AvgIpc) is 2.89. The van der Waals surface area contributed by atoms with Gasteiger partial charge in [-0.15, -0.1) is 0 Å². The summed E-state index contributed by atoms with van der Waals surface area (Å²) in [6.45, 7) is 7.41. The summed E-state index contributed by atoms with van der Waals surface area (Å²) in [5.74, 6) is 3.57. The molecular weight excluding hydrogens is 342 g/mol. The fourth-order valence-corrected chi connectivity index (χ4v) is 8.71. The third-order valence-corrected chi connectivity index (χ3v) is 10.2. The first-order valence-electron chi connectivity index (χ1n) is 11.7. The van der Waals surface area contributed by atoms with Crippen molar-refractivity contribution in [3.63, 3.8) is 0 Å². The minimum absolute atomic E-state index is 0.303. The van der Waals surface area contributed by atoms with Crippen molar-refractivity contribution < 1.29 is 4.79 Å². The number of carbonyl (C=O) groups excluding carboxylic acids is 1. The molecule has 1 N–H and O–H groups in total. The summed E-state index contributed by atoms with van der Waals surface area (Å²) in [7, 11) is 0. The van der Waals surface area contributed by atoms with Gasteiger partial charge in [0.05, 0.1) is 5.41 Å². The molecule has 0 saturated heterocycles. The number of Topliss-reactive ketones (excluding diaryl/α,β-unsaturated/α-hetero) is 1. The van der Waals surface area contributed by atoms with Crippen LogP contribution in [0.3, 0.4) is 0 Å². The maximum Gasteiger partial charge on any atom is 0.144 e. The van der Waals surface area contributed by atoms with Gasteiger partial charge in [0, 0.05) is 18.3 Å². The van der Waals surface area contributed by atoms with E-state index in [2.05, 4.69) is 44.3 Å². The second-order valence-electron chi connectivity index (χ2n) is 11.2. The van der Waals surface area contributed by atoms with Gasteiger partial charge in [0.25, 0.3) is 0 Å². The van der Waals surface area contributed by atoms with Crippen LogP contribution in [0.4, 0.5) is 0 Å². The summed E-state index contributed by atoms with van der Waals surface area (Å²) in [5, 5.41) is 3.48. The normalized spacial score (nSPS) is 50.1. The molecule has 7 atom stereocenters. The highest BCUT2D eigenvalue weighted by Crippen LogP contribution is 2.68. The van der Waals surface area contributed by atoms with Crippen LogP contribution in [0.15, 0.2) is 36.2 Å². The van der Waals surface area contributed by atoms with Gasteiger partial charge in [0.15, 0.2) is 0 Å². The van der Waals surface area contributed by atoms with E-state index in [1.54, 1.807) is 0 Å². The zero-order valence-electron chi connectivity index (χ0n) is 18.0. The summed E-state index contributed by atoms with van der Waals surface area (Å²) < 4.78 is 0. The SMILES string of the molecule is CC1(C2=CC=CC=CN2)C(=O)CC[C@]2(C)[C@H]3CC[C@]4(C)CCC[C@H]4[C@@H]3CC[C@@H]12. The minimum Gasteiger partial charge on any atom is -0.364 e. The van der Waals surface area contributed by atoms with Gasteiger partial charge < -0.3 is 5.32 Å². The molecule has 0 radical (unpaired) electrons. The summed E-state index contributed by atoms with van der Waals surface area (Å²) in [6.07, 6.45) is 21.9. The predicted octanol–water partition coefficient (Wildman–Crippen LogP) is 6.16. The molecule has 4 saturated carbocycles. The van der Waals surface area contributed by atoms with Crippen LogP contribution in [0.2, 0.25) is 0 Å². The lowest BCUT2D eigenvalue weighted by atomic mass is 9.41. The first-order valence-corrected chi connectivity index (χ1v) is 11.7. The Morgan fingerprint density at radius 3 is 2.64 bits per heavy atom. The van der Waals surface area contributed by atoms with Crippen LogP contribution in [0, 0.1) is 39.9 Å². The van der Waals surface area contributed by atoms with Crippen molar-refractivity contribution in [2.24, 2.45) is 39.9 Å². The molecule has 0 aromatic rings. The molecule has 0 aromatic heterocycles. The van der Waals surface area contributed by atoms with E-state index in [0.29, 0.717) is 22.5 Å². The Bertz CT molecular complexity index is 762. The number of hydrogen-bond acceptors (Lipinski definition) is 2. The second-order valence-corrected chi connectivity index (χ2v) is 11.2. The molecule has 0 bridgehead atoms. The van der Waals surface area contributed by atoms with Gasteiger partial charge in [-0.2, -0.15) is 0 Å². The molecule has 0 aromatic carbocycles. The highest BCUT2D eigenvalue weighted by atomic mass is 16.1. The molecule has 152 valence electrons. The van der Waals surface area contributed by atoms with Gasteiger partial charge in [0.1, 0.15) is 5.78 Å². The Balaban J connectivity index is 1.52. The van der Waals surface area contributed by atoms with E-state index < -0.39 is 0 Å². The van der Waals surface area contributed by atoms with Crippen molar-refractivity contribution >= 4 is 5.78 Å². The average molecular weight is 380 g/mol. The number of ketones is 1. The van der Waals surface area contributed by atoms with Crippen molar-refractivity contribution in [3.8, 4) is 0 Å². The number of nitrogens with one attached hydrogen (secondary N) is 1. The summed E-state index contributed by atoms with van der Waals surface area (Å²) in [5.41, 5.74) is 1.67. The van der Waals surface area contributed by atoms with Crippen molar-refractivity contribution in [1.82, 2.24) is 5.32 Å². The highest BCUT2D eigenvalue weighted by Gasteiger charge is 2.63. The van der Waals surface area contributed by atoms with E-state index in [9.17, 15) is 4.79 Å². The largest absolute Gasteiger partial charge is 0.364 e. The van der Waals surface area contributed by atoms with Gasteiger partial charge in [0.2, 0.25) is 0 Å². The van der Waals surface area contributed by atoms with Crippen LogP contribution >= 0.6 is 0 Å². The fourth-order valence-electron chi connectivity index (χ4n) is 8.71. The zero-order valence-corrected chi connectivity index (χ0v) is 18.0. The van der Waals surface area contributed by atoms with Crippen LogP contribution in [0.25, 0.3) is 0 Å². The van der Waals surface area contributed by atoms with Crippen molar-refractivity contribution in [1.29, 1.82) is 0 Å². The van der Waals surface area contributed by atoms with Gasteiger partial charge >= 0.3 is 0 Å². The van der Waals surface area contributed by atoms with E-state index in [1.165, 1.54) is 44.9 Å². The molecular formula is C26H37NO. The van der Waals surface area contributed by atoms with Crippen LogP contribution in [0.1, 0.15) is 78.6 Å². The maximum atomic E-state index is 13.4. The zero-order chi connectivity index (χ0) is 19.6. The van der Waals surface area contributed by atoms with E-state index in [0.717, 1.165) is 36.3 Å². The molecule has 1 heterocycles. The molecule has 4 fully saturated rings. The smallest absolute Gasteiger partial charge is 0.144 e. The fraction of sp³-hybridized carbons (Fsp3) is 0.731. The molecule has 5 rings (SSSR count). The van der Waals surface area contributed by atoms with Gasteiger partial charge in [-0.25, -0.2) is 0 Å². The van der Waals surface area contributed by atoms with Crippen LogP contribution in [-0.4, -0.2) is 5.78 Å². The Hall–Kier alpha value is -1.31. The lowest BCUT2D eigenvalue weighted by Gasteiger charge is -2.63. The number of rotatable bonds is 1. The van der Waals surface area contributed by atoms with Gasteiger partial charge in [-0.05, 0) is 98.5 Å². The van der Waals surface area contributed by atoms with Gasteiger partial charge in [-0.1, -0.05) is 32.4 Å². The molecule has 5 aliphatic rings. The molecule has 1 unspecified atom stereocenters. The maximum absolute atomic E-state index is 13.4. The quantitative estimate of drug-likeness (QED) is 0.591. The van der Waals surface area contributed by atoms with Crippen molar-refractivity contribution in [2.75, 3.05) is 0 Å². The molecule has 28 heavy (non-hydrogen) atoms. The summed E-state index contributed by atoms with van der Waals surface area (Å²) >= 11 is 0. The summed E-state index contributed by atoms with van der Waals surface area (Å²) in [4.78, 5) is 13.4.